The van der Waals surface area contributed by atoms with Crippen molar-refractivity contribution in [3.8, 4) is 0 Å². The third-order valence-electron chi connectivity index (χ3n) is 3.66. The maximum atomic E-state index is 12.1. The van der Waals surface area contributed by atoms with Crippen LogP contribution >= 0.6 is 11.8 Å². The molecule has 24 heavy (non-hydrogen) atoms. The van der Waals surface area contributed by atoms with Crippen LogP contribution in [0.1, 0.15) is 49.4 Å². The molecule has 1 N–H and O–H groups in total. The molecule has 5 heteroatoms. The van der Waals surface area contributed by atoms with E-state index in [1.54, 1.807) is 0 Å². The first-order valence-electron chi connectivity index (χ1n) is 8.32. The smallest absolute Gasteiger partial charge is 0.230 e. The fourth-order valence-electron chi connectivity index (χ4n) is 2.51. The molecule has 1 atom stereocenters. The number of carbonyl (C=O) groups excluding carboxylic acids is 1. The number of hydrogen-bond acceptors (Lipinski definition) is 4. The number of nitrogens with zero attached hydrogens (tertiary/aromatic N) is 1. The Morgan fingerprint density at radius 3 is 2.54 bits per heavy atom. The largest absolute Gasteiger partial charge is 0.360 e. The topological polar surface area (TPSA) is 55.1 Å². The summed E-state index contributed by atoms with van der Waals surface area (Å²) in [4.78, 5) is 12.1. The standard InChI is InChI=1S/C19H26N2O2S/c1-13(2)9-16-5-7-17(8-6-16)15(4)20-19(22)12-24-11-18-10-14(3)21-23-18/h5-8,10,13,15H,9,11-12H2,1-4H3,(H,20,22)/t15-/m0/s1. The molecule has 1 aromatic heterocycles. The number of nitrogens with one attached hydrogen (secondary N) is 1. The fraction of sp³-hybridized carbons (Fsp3) is 0.474. The first-order chi connectivity index (χ1) is 11.4. The maximum Gasteiger partial charge on any atom is 0.230 e. The molecule has 0 saturated carbocycles. The van der Waals surface area contributed by atoms with Crippen LogP contribution in [0.5, 0.6) is 0 Å². The Bertz CT molecular complexity index is 650. The summed E-state index contributed by atoms with van der Waals surface area (Å²) in [6.45, 7) is 8.33. The third-order valence-corrected chi connectivity index (χ3v) is 4.61. The minimum atomic E-state index is 0.0127. The molecule has 0 fully saturated rings. The number of aromatic nitrogens is 1. The second-order valence-corrected chi connectivity index (χ2v) is 7.54. The summed E-state index contributed by atoms with van der Waals surface area (Å²) >= 11 is 1.53. The predicted octanol–water partition coefficient (Wildman–Crippen LogP) is 4.29. The van der Waals surface area contributed by atoms with Crippen LogP contribution in [-0.2, 0) is 17.0 Å². The van der Waals surface area contributed by atoms with E-state index in [0.717, 1.165) is 23.4 Å². The Morgan fingerprint density at radius 2 is 1.96 bits per heavy atom. The number of aryl methyl sites for hydroxylation is 1. The van der Waals surface area contributed by atoms with Gasteiger partial charge in [0.15, 0.2) is 0 Å². The number of rotatable bonds is 8. The third kappa shape index (κ3) is 6.04. The van der Waals surface area contributed by atoms with Gasteiger partial charge in [-0.3, -0.25) is 4.79 Å². The molecule has 4 nitrogen and oxygen atoms in total. The van der Waals surface area contributed by atoms with Gasteiger partial charge in [-0.15, -0.1) is 11.8 Å². The van der Waals surface area contributed by atoms with E-state index >= 15 is 0 Å². The monoisotopic (exact) mass is 346 g/mol. The minimum absolute atomic E-state index is 0.0127. The zero-order valence-electron chi connectivity index (χ0n) is 14.8. The molecule has 1 amide bonds. The normalized spacial score (nSPS) is 12.4. The van der Waals surface area contributed by atoms with Crippen LogP contribution in [-0.4, -0.2) is 16.8 Å². The summed E-state index contributed by atoms with van der Waals surface area (Å²) in [5.74, 6) is 2.56. The number of hydrogen-bond donors (Lipinski definition) is 1. The molecule has 1 heterocycles. The Morgan fingerprint density at radius 1 is 1.25 bits per heavy atom. The molecule has 0 bridgehead atoms. The summed E-state index contributed by atoms with van der Waals surface area (Å²) in [6, 6.07) is 10.4. The van der Waals surface area contributed by atoms with Crippen molar-refractivity contribution in [2.75, 3.05) is 5.75 Å². The van der Waals surface area contributed by atoms with Crippen LogP contribution in [0, 0.1) is 12.8 Å². The van der Waals surface area contributed by atoms with E-state index in [4.69, 9.17) is 4.52 Å². The second kappa shape index (κ2) is 8.92. The summed E-state index contributed by atoms with van der Waals surface area (Å²) in [7, 11) is 0. The first kappa shape index (κ1) is 18.6. The molecule has 1 aromatic carbocycles. The predicted molar refractivity (Wildman–Crippen MR) is 98.9 cm³/mol. The Balaban J connectivity index is 1.76. The van der Waals surface area contributed by atoms with Gasteiger partial charge in [0.25, 0.3) is 0 Å². The van der Waals surface area contributed by atoms with Crippen LogP contribution in [0.3, 0.4) is 0 Å². The molecule has 130 valence electrons. The average Bonchev–Trinajstić information content (AvgIpc) is 2.92. The summed E-state index contributed by atoms with van der Waals surface area (Å²) in [5.41, 5.74) is 3.33. The molecule has 2 aromatic rings. The van der Waals surface area contributed by atoms with E-state index in [2.05, 4.69) is 48.6 Å². The lowest BCUT2D eigenvalue weighted by Gasteiger charge is -2.15. The highest BCUT2D eigenvalue weighted by molar-refractivity contribution is 7.99. The Hall–Kier alpha value is -1.75. The number of carbonyl (C=O) groups is 1. The van der Waals surface area contributed by atoms with Gasteiger partial charge in [-0.05, 0) is 37.3 Å². The van der Waals surface area contributed by atoms with Gasteiger partial charge in [0.2, 0.25) is 5.91 Å². The lowest BCUT2D eigenvalue weighted by molar-refractivity contribution is -0.119. The zero-order valence-corrected chi connectivity index (χ0v) is 15.7. The molecule has 2 rings (SSSR count). The van der Waals surface area contributed by atoms with Gasteiger partial charge in [-0.2, -0.15) is 0 Å². The van der Waals surface area contributed by atoms with Gasteiger partial charge in [0.1, 0.15) is 5.76 Å². The second-order valence-electron chi connectivity index (χ2n) is 6.56. The van der Waals surface area contributed by atoms with E-state index in [1.807, 2.05) is 19.9 Å². The van der Waals surface area contributed by atoms with Crippen LogP contribution in [0.4, 0.5) is 0 Å². The molecule has 0 saturated heterocycles. The van der Waals surface area contributed by atoms with E-state index in [1.165, 1.54) is 17.3 Å². The highest BCUT2D eigenvalue weighted by Crippen LogP contribution is 2.17. The molecule has 0 spiro atoms. The Kier molecular flexibility index (Phi) is 6.91. The summed E-state index contributed by atoms with van der Waals surface area (Å²) in [6.07, 6.45) is 1.08. The van der Waals surface area contributed by atoms with Gasteiger partial charge in [0, 0.05) is 6.07 Å². The summed E-state index contributed by atoms with van der Waals surface area (Å²) in [5, 5.41) is 6.88. The summed E-state index contributed by atoms with van der Waals surface area (Å²) < 4.78 is 5.13. The maximum absolute atomic E-state index is 12.1. The van der Waals surface area contributed by atoms with Crippen molar-refractivity contribution in [2.24, 2.45) is 5.92 Å². The van der Waals surface area contributed by atoms with Crippen molar-refractivity contribution in [2.45, 2.75) is 45.9 Å². The molecule has 0 aliphatic carbocycles. The van der Waals surface area contributed by atoms with Crippen LogP contribution in [0.25, 0.3) is 0 Å². The minimum Gasteiger partial charge on any atom is -0.360 e. The van der Waals surface area contributed by atoms with Gasteiger partial charge in [0.05, 0.1) is 23.2 Å². The van der Waals surface area contributed by atoms with Gasteiger partial charge in [-0.1, -0.05) is 43.3 Å². The fourth-order valence-corrected chi connectivity index (χ4v) is 3.22. The van der Waals surface area contributed by atoms with Gasteiger partial charge in [-0.25, -0.2) is 0 Å². The Labute approximate surface area is 148 Å². The van der Waals surface area contributed by atoms with Crippen molar-refractivity contribution in [1.29, 1.82) is 0 Å². The number of thioether (sulfide) groups is 1. The van der Waals surface area contributed by atoms with E-state index in [-0.39, 0.29) is 11.9 Å². The number of amides is 1. The highest BCUT2D eigenvalue weighted by Gasteiger charge is 2.10. The van der Waals surface area contributed by atoms with Gasteiger partial charge < -0.3 is 9.84 Å². The molecular formula is C19H26N2O2S. The van der Waals surface area contributed by atoms with Crippen molar-refractivity contribution in [1.82, 2.24) is 10.5 Å². The average molecular weight is 346 g/mol. The zero-order chi connectivity index (χ0) is 17.5. The van der Waals surface area contributed by atoms with Crippen molar-refractivity contribution >= 4 is 17.7 Å². The van der Waals surface area contributed by atoms with E-state index in [0.29, 0.717) is 17.4 Å². The SMILES string of the molecule is Cc1cc(CSCC(=O)N[C@@H](C)c2ccc(CC(C)C)cc2)on1. The van der Waals surface area contributed by atoms with Crippen LogP contribution < -0.4 is 5.32 Å². The van der Waals surface area contributed by atoms with Gasteiger partial charge >= 0.3 is 0 Å². The quantitative estimate of drug-likeness (QED) is 0.774. The highest BCUT2D eigenvalue weighted by atomic mass is 32.2. The van der Waals surface area contributed by atoms with Crippen LogP contribution in [0.15, 0.2) is 34.9 Å². The lowest BCUT2D eigenvalue weighted by Crippen LogP contribution is -2.28. The van der Waals surface area contributed by atoms with E-state index < -0.39 is 0 Å². The van der Waals surface area contributed by atoms with Crippen LogP contribution in [0.2, 0.25) is 0 Å². The lowest BCUT2D eigenvalue weighted by atomic mass is 10.00. The molecule has 0 radical (unpaired) electrons. The van der Waals surface area contributed by atoms with Crippen molar-refractivity contribution < 1.29 is 9.32 Å². The van der Waals surface area contributed by atoms with E-state index in [9.17, 15) is 4.79 Å². The molecular weight excluding hydrogens is 320 g/mol. The molecule has 0 unspecified atom stereocenters. The van der Waals surface area contributed by atoms with Crippen molar-refractivity contribution in [3.63, 3.8) is 0 Å². The molecule has 0 aliphatic heterocycles. The first-order valence-corrected chi connectivity index (χ1v) is 9.47. The van der Waals surface area contributed by atoms with Crippen molar-refractivity contribution in [3.05, 3.63) is 52.9 Å². The molecule has 0 aliphatic rings. The number of benzene rings is 1.